The number of anilines is 4. The summed E-state index contributed by atoms with van der Waals surface area (Å²) in [6.07, 6.45) is -3.02. The molecule has 0 amide bonds. The number of β-amino-alcohol motifs (C(OH)–C–C–N with tert-alkyl or cyclic N) is 1. The summed E-state index contributed by atoms with van der Waals surface area (Å²) in [4.78, 5) is 50.6. The molecule has 2 fully saturated rings. The summed E-state index contributed by atoms with van der Waals surface area (Å²) in [5.74, 6) is -0.0333. The van der Waals surface area contributed by atoms with Crippen LogP contribution < -0.4 is 38.1 Å². The number of nitrogen functional groups attached to an aromatic ring is 2. The largest absolute Gasteiger partial charge is 0.394 e. The number of aromatic nitrogens is 5. The molecule has 3 aromatic rings. The van der Waals surface area contributed by atoms with Gasteiger partial charge in [0.05, 0.1) is 31.3 Å². The van der Waals surface area contributed by atoms with Crippen molar-refractivity contribution >= 4 is 34.3 Å². The van der Waals surface area contributed by atoms with Gasteiger partial charge in [-0.05, 0) is 0 Å². The van der Waals surface area contributed by atoms with E-state index in [1.165, 1.54) is 22.0 Å². The summed E-state index contributed by atoms with van der Waals surface area (Å²) >= 11 is 0. The van der Waals surface area contributed by atoms with Crippen molar-refractivity contribution in [2.75, 3.05) is 41.3 Å². The molecular formula is C19H25N11O8. The van der Waals surface area contributed by atoms with Gasteiger partial charge in [-0.25, -0.2) is 10.0 Å². The second-order valence-corrected chi connectivity index (χ2v) is 8.99. The number of aliphatic hydroxyl groups is 3. The number of hydrogen-bond donors (Lipinski definition) is 8. The molecule has 6 heterocycles. The van der Waals surface area contributed by atoms with E-state index in [1.54, 1.807) is 4.90 Å². The van der Waals surface area contributed by atoms with Gasteiger partial charge in [-0.3, -0.25) is 24.0 Å². The highest BCUT2D eigenvalue weighted by Gasteiger charge is 2.44. The van der Waals surface area contributed by atoms with Crippen molar-refractivity contribution in [1.29, 1.82) is 0 Å². The number of aliphatic hydroxyl groups excluding tert-OH is 3. The number of fused-ring (bicyclic) bond motifs is 2. The van der Waals surface area contributed by atoms with E-state index in [0.29, 0.717) is 5.69 Å². The van der Waals surface area contributed by atoms with Crippen LogP contribution >= 0.6 is 0 Å². The van der Waals surface area contributed by atoms with Crippen LogP contribution in [0.15, 0.2) is 22.0 Å². The zero-order valence-corrected chi connectivity index (χ0v) is 19.6. The molecular weight excluding hydrogens is 510 g/mol. The molecule has 204 valence electrons. The van der Waals surface area contributed by atoms with Crippen molar-refractivity contribution in [2.45, 2.75) is 37.2 Å². The summed E-state index contributed by atoms with van der Waals surface area (Å²) in [6, 6.07) is 1.50. The molecule has 19 nitrogen and oxygen atoms in total. The van der Waals surface area contributed by atoms with Crippen LogP contribution in [0, 0.1) is 0 Å². The standard InChI is InChI=1S/C19H25N11O8/c20-11-2-8-13(16(35)23-11)29(6-28(8)17-9(32)1-7(4-31)36-17)38-26-30-3-10(33)18(37-30)27-5-22-12-14(27)24-19(21)25-15(12)34/h2,5,7,9-10,17-18,26,31-33H,1,3-4,6H2,(H3,20,23,35)(H3,21,24,25,34)/t7-,9+,10+,17+,18+/m0/s1. The van der Waals surface area contributed by atoms with Crippen LogP contribution in [0.1, 0.15) is 12.6 Å². The Morgan fingerprint density at radius 1 is 1.18 bits per heavy atom. The molecule has 10 N–H and O–H groups in total. The minimum Gasteiger partial charge on any atom is -0.394 e. The Hall–Kier alpha value is -3.82. The zero-order chi connectivity index (χ0) is 26.7. The SMILES string of the molecule is Nc1cc2c(c(=O)[nH]1)N(ONN1C[C@@H](O)[C@H](n3cnc4c(=O)[nH]c(N)nc43)O1)CN2[C@@H]1O[C@H](CO)C[C@H]1O. The molecule has 2 saturated heterocycles. The molecule has 3 aliphatic rings. The van der Waals surface area contributed by atoms with Crippen molar-refractivity contribution in [3.05, 3.63) is 33.1 Å². The Bertz CT molecular complexity index is 1480. The number of nitrogens with two attached hydrogens (primary N) is 2. The summed E-state index contributed by atoms with van der Waals surface area (Å²) < 4.78 is 7.10. The number of hydroxylamine groups is 2. The molecule has 3 aliphatic heterocycles. The monoisotopic (exact) mass is 535 g/mol. The fourth-order valence-electron chi connectivity index (χ4n) is 4.75. The fourth-order valence-corrected chi connectivity index (χ4v) is 4.75. The maximum Gasteiger partial charge on any atom is 0.280 e. The van der Waals surface area contributed by atoms with Gasteiger partial charge in [0.15, 0.2) is 29.3 Å². The van der Waals surface area contributed by atoms with E-state index >= 15 is 0 Å². The third-order valence-corrected chi connectivity index (χ3v) is 6.42. The zero-order valence-electron chi connectivity index (χ0n) is 19.6. The Morgan fingerprint density at radius 3 is 2.76 bits per heavy atom. The topological polar surface area (TPSA) is 259 Å². The predicted octanol–water partition coefficient (Wildman–Crippen LogP) is -3.82. The Labute approximate surface area is 211 Å². The van der Waals surface area contributed by atoms with Gasteiger partial charge in [0.25, 0.3) is 11.1 Å². The molecule has 38 heavy (non-hydrogen) atoms. The summed E-state index contributed by atoms with van der Waals surface area (Å²) in [5, 5.41) is 32.8. The smallest absolute Gasteiger partial charge is 0.280 e. The Balaban J connectivity index is 1.19. The van der Waals surface area contributed by atoms with Gasteiger partial charge in [-0.15, -0.1) is 0 Å². The molecule has 0 aromatic carbocycles. The summed E-state index contributed by atoms with van der Waals surface area (Å²) in [7, 11) is 0. The molecule has 0 spiro atoms. The van der Waals surface area contributed by atoms with Crippen molar-refractivity contribution in [1.82, 2.24) is 35.3 Å². The van der Waals surface area contributed by atoms with Gasteiger partial charge in [0.2, 0.25) is 5.95 Å². The average Bonchev–Trinajstić information content (AvgIpc) is 3.62. The highest BCUT2D eigenvalue weighted by molar-refractivity contribution is 5.76. The lowest BCUT2D eigenvalue weighted by Gasteiger charge is -2.28. The van der Waals surface area contributed by atoms with Crippen LogP contribution in [0.3, 0.4) is 0 Å². The third kappa shape index (κ3) is 4.02. The highest BCUT2D eigenvalue weighted by atomic mass is 16.9. The maximum atomic E-state index is 12.7. The fraction of sp³-hybridized carbons (Fsp3) is 0.474. The third-order valence-electron chi connectivity index (χ3n) is 6.42. The van der Waals surface area contributed by atoms with Crippen molar-refractivity contribution in [2.24, 2.45) is 0 Å². The number of aromatic amines is 2. The van der Waals surface area contributed by atoms with Crippen LogP contribution in [0.5, 0.6) is 0 Å². The first kappa shape index (κ1) is 24.5. The van der Waals surface area contributed by atoms with E-state index in [0.717, 1.165) is 5.17 Å². The van der Waals surface area contributed by atoms with Gasteiger partial charge in [0.1, 0.15) is 24.7 Å². The lowest BCUT2D eigenvalue weighted by Crippen LogP contribution is -2.47. The van der Waals surface area contributed by atoms with Gasteiger partial charge in [-0.2, -0.15) is 9.92 Å². The van der Waals surface area contributed by atoms with Crippen molar-refractivity contribution in [3.8, 4) is 0 Å². The number of H-pyrrole nitrogens is 2. The van der Waals surface area contributed by atoms with E-state index in [1.807, 2.05) is 0 Å². The van der Waals surface area contributed by atoms with Crippen molar-refractivity contribution < 1.29 is 29.8 Å². The number of hydrazine groups is 1. The number of ether oxygens (including phenoxy) is 1. The molecule has 0 saturated carbocycles. The molecule has 0 aliphatic carbocycles. The van der Waals surface area contributed by atoms with Crippen LogP contribution in [-0.4, -0.2) is 89.4 Å². The van der Waals surface area contributed by atoms with E-state index in [9.17, 15) is 24.9 Å². The van der Waals surface area contributed by atoms with Crippen LogP contribution in [-0.2, 0) is 14.5 Å². The first-order valence-corrected chi connectivity index (χ1v) is 11.5. The Kier molecular flexibility index (Phi) is 5.92. The van der Waals surface area contributed by atoms with Gasteiger partial charge >= 0.3 is 0 Å². The lowest BCUT2D eigenvalue weighted by atomic mass is 10.2. The van der Waals surface area contributed by atoms with E-state index in [2.05, 4.69) is 25.5 Å². The van der Waals surface area contributed by atoms with Gasteiger partial charge in [-0.1, -0.05) is 10.8 Å². The van der Waals surface area contributed by atoms with Crippen LogP contribution in [0.25, 0.3) is 11.2 Å². The molecule has 0 unspecified atom stereocenters. The second kappa shape index (κ2) is 9.18. The van der Waals surface area contributed by atoms with E-state index in [4.69, 9.17) is 26.0 Å². The minimum atomic E-state index is -1.10. The number of nitrogens with zero attached hydrogens (tertiary/aromatic N) is 6. The maximum absolute atomic E-state index is 12.7. The molecule has 6 rings (SSSR count). The van der Waals surface area contributed by atoms with Crippen LogP contribution in [0.2, 0.25) is 0 Å². The summed E-state index contributed by atoms with van der Waals surface area (Å²) in [5.41, 5.74) is 13.4. The van der Waals surface area contributed by atoms with Crippen LogP contribution in [0.4, 0.5) is 23.1 Å². The number of imidazole rings is 1. The number of pyridine rings is 1. The molecule has 3 aromatic heterocycles. The van der Waals surface area contributed by atoms with E-state index in [-0.39, 0.29) is 54.9 Å². The summed E-state index contributed by atoms with van der Waals surface area (Å²) in [6.45, 7) is -0.424. The van der Waals surface area contributed by atoms with Crippen molar-refractivity contribution in [3.63, 3.8) is 0 Å². The number of nitrogens with one attached hydrogen (secondary N) is 3. The number of rotatable bonds is 6. The minimum absolute atomic E-state index is 0.0182. The van der Waals surface area contributed by atoms with Gasteiger partial charge in [0, 0.05) is 12.5 Å². The highest BCUT2D eigenvalue weighted by Crippen LogP contribution is 2.38. The lowest BCUT2D eigenvalue weighted by molar-refractivity contribution is -0.275. The first-order valence-electron chi connectivity index (χ1n) is 11.5. The number of hydrogen-bond acceptors (Lipinski definition) is 16. The van der Waals surface area contributed by atoms with Gasteiger partial charge < -0.3 is 41.4 Å². The molecule has 19 heteroatoms. The molecule has 0 radical (unpaired) electrons. The molecule has 5 atom stereocenters. The first-order chi connectivity index (χ1) is 18.2. The average molecular weight is 535 g/mol. The normalized spacial score (nSPS) is 27.6. The van der Waals surface area contributed by atoms with E-state index < -0.39 is 41.9 Å². The second-order valence-electron chi connectivity index (χ2n) is 8.99. The predicted molar refractivity (Wildman–Crippen MR) is 127 cm³/mol. The molecule has 0 bridgehead atoms. The Morgan fingerprint density at radius 2 is 2.00 bits per heavy atom. The quantitative estimate of drug-likeness (QED) is 0.141.